The molecule has 0 aliphatic carbocycles. The van der Waals surface area contributed by atoms with Gasteiger partial charge in [-0.05, 0) is 19.4 Å². The van der Waals surface area contributed by atoms with Crippen molar-refractivity contribution in [2.75, 3.05) is 20.3 Å². The summed E-state index contributed by atoms with van der Waals surface area (Å²) in [4.78, 5) is 11.2. The molecule has 0 amide bonds. The zero-order chi connectivity index (χ0) is 16.2. The van der Waals surface area contributed by atoms with Gasteiger partial charge in [-0.1, -0.05) is 24.2 Å². The highest BCUT2D eigenvalue weighted by Gasteiger charge is 2.31. The molecule has 2 aromatic rings. The maximum Gasteiger partial charge on any atom is 0.240 e. The molecule has 2 aromatic heterocycles. The molecular weight excluding hydrogens is 298 g/mol. The van der Waals surface area contributed by atoms with Crippen molar-refractivity contribution in [2.24, 2.45) is 0 Å². The molecule has 23 heavy (non-hydrogen) atoms. The van der Waals surface area contributed by atoms with Gasteiger partial charge in [-0.3, -0.25) is 4.90 Å². The number of methoxy groups -OCH3 is 1. The first-order valence-electron chi connectivity index (χ1n) is 8.05. The first-order chi connectivity index (χ1) is 11.2. The maximum atomic E-state index is 5.33. The van der Waals surface area contributed by atoms with E-state index in [1.54, 1.807) is 7.11 Å². The number of aromatic nitrogens is 4. The van der Waals surface area contributed by atoms with Crippen molar-refractivity contribution in [3.8, 4) is 0 Å². The summed E-state index contributed by atoms with van der Waals surface area (Å²) in [5.41, 5.74) is 0. The van der Waals surface area contributed by atoms with Crippen LogP contribution in [0.25, 0.3) is 0 Å². The minimum absolute atomic E-state index is 0.153. The first kappa shape index (κ1) is 16.1. The fourth-order valence-electron chi connectivity index (χ4n) is 2.75. The minimum Gasteiger partial charge on any atom is -0.384 e. The van der Waals surface area contributed by atoms with Crippen LogP contribution in [0.15, 0.2) is 9.05 Å². The highest BCUT2D eigenvalue weighted by Crippen LogP contribution is 2.31. The largest absolute Gasteiger partial charge is 0.384 e. The van der Waals surface area contributed by atoms with Crippen LogP contribution in [0.1, 0.15) is 62.1 Å². The van der Waals surface area contributed by atoms with Crippen LogP contribution < -0.4 is 0 Å². The number of hydrogen-bond donors (Lipinski definition) is 0. The van der Waals surface area contributed by atoms with Crippen molar-refractivity contribution in [3.63, 3.8) is 0 Å². The third-order valence-electron chi connectivity index (χ3n) is 3.99. The van der Waals surface area contributed by atoms with E-state index in [4.69, 9.17) is 13.8 Å². The molecule has 0 bridgehead atoms. The number of likely N-dealkylation sites (tertiary alicyclic amines) is 1. The van der Waals surface area contributed by atoms with Gasteiger partial charge in [0.05, 0.1) is 19.2 Å². The molecular formula is C15H23N5O3. The molecule has 3 rings (SSSR count). The standard InChI is InChI=1S/C15H23N5O3/c1-10(2)15-17-14(19-23-15)11-5-4-7-20(11)9-13-16-12(18-22-13)6-8-21-3/h10-11H,4-9H2,1-3H3/t11-/m0/s1. The summed E-state index contributed by atoms with van der Waals surface area (Å²) < 4.78 is 15.7. The zero-order valence-electron chi connectivity index (χ0n) is 13.9. The summed E-state index contributed by atoms with van der Waals surface area (Å²) in [6.45, 7) is 6.25. The van der Waals surface area contributed by atoms with Gasteiger partial charge in [-0.2, -0.15) is 9.97 Å². The van der Waals surface area contributed by atoms with Gasteiger partial charge in [-0.25, -0.2) is 0 Å². The van der Waals surface area contributed by atoms with Gasteiger partial charge in [0.2, 0.25) is 11.8 Å². The Bertz CT molecular complexity index is 624. The average molecular weight is 321 g/mol. The SMILES string of the molecule is COCCc1noc(CN2CCC[C@H]2c2noc(C(C)C)n2)n1. The monoisotopic (exact) mass is 321 g/mol. The van der Waals surface area contributed by atoms with Crippen LogP contribution in [0, 0.1) is 0 Å². The van der Waals surface area contributed by atoms with E-state index in [0.717, 1.165) is 25.2 Å². The smallest absolute Gasteiger partial charge is 0.240 e. The van der Waals surface area contributed by atoms with E-state index in [9.17, 15) is 0 Å². The second kappa shape index (κ2) is 7.18. The van der Waals surface area contributed by atoms with Crippen LogP contribution in [-0.2, 0) is 17.7 Å². The summed E-state index contributed by atoms with van der Waals surface area (Å²) in [5.74, 6) is 2.98. The van der Waals surface area contributed by atoms with Crippen molar-refractivity contribution in [1.82, 2.24) is 25.2 Å². The van der Waals surface area contributed by atoms with Crippen LogP contribution in [-0.4, -0.2) is 45.4 Å². The van der Waals surface area contributed by atoms with E-state index in [0.29, 0.717) is 37.2 Å². The number of ether oxygens (including phenoxy) is 1. The van der Waals surface area contributed by atoms with Gasteiger partial charge in [0.15, 0.2) is 11.6 Å². The Balaban J connectivity index is 1.65. The van der Waals surface area contributed by atoms with E-state index in [1.165, 1.54) is 0 Å². The molecule has 1 atom stereocenters. The van der Waals surface area contributed by atoms with Gasteiger partial charge in [-0.15, -0.1) is 0 Å². The predicted octanol–water partition coefficient (Wildman–Crippen LogP) is 2.10. The molecule has 0 saturated carbocycles. The fraction of sp³-hybridized carbons (Fsp3) is 0.733. The lowest BCUT2D eigenvalue weighted by Gasteiger charge is -2.19. The molecule has 0 unspecified atom stereocenters. The third-order valence-corrected chi connectivity index (χ3v) is 3.99. The van der Waals surface area contributed by atoms with Gasteiger partial charge in [0.1, 0.15) is 0 Å². The van der Waals surface area contributed by atoms with Crippen molar-refractivity contribution >= 4 is 0 Å². The van der Waals surface area contributed by atoms with Crippen molar-refractivity contribution in [1.29, 1.82) is 0 Å². The van der Waals surface area contributed by atoms with Crippen LogP contribution in [0.4, 0.5) is 0 Å². The van der Waals surface area contributed by atoms with Gasteiger partial charge < -0.3 is 13.8 Å². The molecule has 8 heteroatoms. The van der Waals surface area contributed by atoms with E-state index in [1.807, 2.05) is 13.8 Å². The van der Waals surface area contributed by atoms with Crippen molar-refractivity contribution in [2.45, 2.75) is 51.6 Å². The van der Waals surface area contributed by atoms with E-state index >= 15 is 0 Å². The van der Waals surface area contributed by atoms with E-state index in [-0.39, 0.29) is 12.0 Å². The molecule has 3 heterocycles. The van der Waals surface area contributed by atoms with E-state index < -0.39 is 0 Å². The second-order valence-corrected chi connectivity index (χ2v) is 6.12. The summed E-state index contributed by atoms with van der Waals surface area (Å²) in [7, 11) is 1.66. The summed E-state index contributed by atoms with van der Waals surface area (Å²) in [6, 6.07) is 0.153. The summed E-state index contributed by atoms with van der Waals surface area (Å²) in [5, 5.41) is 8.12. The van der Waals surface area contributed by atoms with Crippen LogP contribution >= 0.6 is 0 Å². The fourth-order valence-corrected chi connectivity index (χ4v) is 2.75. The van der Waals surface area contributed by atoms with Crippen LogP contribution in [0.2, 0.25) is 0 Å². The van der Waals surface area contributed by atoms with Gasteiger partial charge in [0, 0.05) is 19.4 Å². The molecule has 0 radical (unpaired) electrons. The maximum absolute atomic E-state index is 5.33. The molecule has 1 saturated heterocycles. The number of nitrogens with zero attached hydrogens (tertiary/aromatic N) is 5. The van der Waals surface area contributed by atoms with Crippen molar-refractivity contribution in [3.05, 3.63) is 23.4 Å². The second-order valence-electron chi connectivity index (χ2n) is 6.12. The lowest BCUT2D eigenvalue weighted by molar-refractivity contribution is 0.197. The van der Waals surface area contributed by atoms with E-state index in [2.05, 4.69) is 25.2 Å². The number of rotatable bonds is 7. The average Bonchev–Trinajstić information content (AvgIpc) is 3.25. The normalized spacial score (nSPS) is 19.0. The van der Waals surface area contributed by atoms with Crippen LogP contribution in [0.3, 0.4) is 0 Å². The Kier molecular flexibility index (Phi) is 5.02. The molecule has 0 aromatic carbocycles. The predicted molar refractivity (Wildman–Crippen MR) is 80.7 cm³/mol. The molecule has 1 fully saturated rings. The Hall–Kier alpha value is -1.80. The Labute approximate surface area is 135 Å². The topological polar surface area (TPSA) is 90.3 Å². The van der Waals surface area contributed by atoms with Crippen LogP contribution in [0.5, 0.6) is 0 Å². The Morgan fingerprint density at radius 1 is 1.26 bits per heavy atom. The van der Waals surface area contributed by atoms with Gasteiger partial charge in [0.25, 0.3) is 0 Å². The Morgan fingerprint density at radius 2 is 2.13 bits per heavy atom. The molecule has 0 N–H and O–H groups in total. The Morgan fingerprint density at radius 3 is 2.87 bits per heavy atom. The highest BCUT2D eigenvalue weighted by molar-refractivity contribution is 5.01. The lowest BCUT2D eigenvalue weighted by Crippen LogP contribution is -2.23. The van der Waals surface area contributed by atoms with Crippen molar-refractivity contribution < 1.29 is 13.8 Å². The quantitative estimate of drug-likeness (QED) is 0.766. The summed E-state index contributed by atoms with van der Waals surface area (Å²) >= 11 is 0. The first-order valence-corrected chi connectivity index (χ1v) is 8.05. The molecule has 1 aliphatic heterocycles. The number of hydrogen-bond acceptors (Lipinski definition) is 8. The van der Waals surface area contributed by atoms with Gasteiger partial charge >= 0.3 is 0 Å². The summed E-state index contributed by atoms with van der Waals surface area (Å²) in [6.07, 6.45) is 2.77. The highest BCUT2D eigenvalue weighted by atomic mass is 16.5. The molecule has 126 valence electrons. The molecule has 8 nitrogen and oxygen atoms in total. The zero-order valence-corrected chi connectivity index (χ0v) is 13.9. The molecule has 0 spiro atoms. The lowest BCUT2D eigenvalue weighted by atomic mass is 10.2. The minimum atomic E-state index is 0.153. The molecule has 1 aliphatic rings. The third kappa shape index (κ3) is 3.76.